The Labute approximate surface area is 86.3 Å². The molecule has 1 aromatic rings. The second kappa shape index (κ2) is 3.65. The number of rotatable bonds is 2. The number of hydrogen-bond donors (Lipinski definition) is 1. The molecule has 76 valence electrons. The van der Waals surface area contributed by atoms with Gasteiger partial charge in [-0.15, -0.1) is 0 Å². The zero-order valence-corrected chi connectivity index (χ0v) is 8.70. The van der Waals surface area contributed by atoms with Crippen LogP contribution < -0.4 is 0 Å². The Balaban J connectivity index is 2.13. The highest BCUT2D eigenvalue weighted by molar-refractivity contribution is 8.00. The molecule has 14 heavy (non-hydrogen) atoms. The molecule has 0 amide bonds. The molecule has 2 atom stereocenters. The Morgan fingerprint density at radius 3 is 3.07 bits per heavy atom. The van der Waals surface area contributed by atoms with Crippen molar-refractivity contribution in [2.45, 2.75) is 24.6 Å². The molecule has 2 heterocycles. The van der Waals surface area contributed by atoms with Crippen LogP contribution in [-0.4, -0.2) is 31.6 Å². The maximum atomic E-state index is 10.6. The molecule has 2 unspecified atom stereocenters. The number of nitrogens with zero attached hydrogens (tertiary/aromatic N) is 2. The van der Waals surface area contributed by atoms with Crippen LogP contribution in [-0.2, 0) is 0 Å². The molecule has 0 bridgehead atoms. The normalized spacial score (nSPS) is 26.6. The highest BCUT2D eigenvalue weighted by Gasteiger charge is 2.23. The lowest BCUT2D eigenvalue weighted by molar-refractivity contribution is 0.0691. The molecule has 0 aliphatic carbocycles. The van der Waals surface area contributed by atoms with E-state index in [2.05, 4.69) is 11.9 Å². The largest absolute Gasteiger partial charge is 0.476 e. The van der Waals surface area contributed by atoms with Crippen molar-refractivity contribution in [3.05, 3.63) is 18.2 Å². The SMILES string of the molecule is CC1CC(n2cnc(C(=O)O)c2)CS1. The van der Waals surface area contributed by atoms with Crippen molar-refractivity contribution in [2.75, 3.05) is 5.75 Å². The van der Waals surface area contributed by atoms with Gasteiger partial charge in [-0.1, -0.05) is 6.92 Å². The Bertz CT molecular complexity index is 350. The quantitative estimate of drug-likeness (QED) is 0.809. The van der Waals surface area contributed by atoms with Gasteiger partial charge in [-0.25, -0.2) is 9.78 Å². The van der Waals surface area contributed by atoms with Gasteiger partial charge in [0.25, 0.3) is 0 Å². The first-order valence-electron chi connectivity index (χ1n) is 4.55. The highest BCUT2D eigenvalue weighted by atomic mass is 32.2. The molecule has 2 rings (SSSR count). The Hall–Kier alpha value is -0.970. The number of carbonyl (C=O) groups is 1. The molecule has 1 fully saturated rings. The molecule has 4 nitrogen and oxygen atoms in total. The molecule has 0 aromatic carbocycles. The van der Waals surface area contributed by atoms with Crippen molar-refractivity contribution in [2.24, 2.45) is 0 Å². The molecular weight excluding hydrogens is 200 g/mol. The fourth-order valence-electron chi connectivity index (χ4n) is 1.65. The molecule has 1 aromatic heterocycles. The summed E-state index contributed by atoms with van der Waals surface area (Å²) in [5.74, 6) is 0.0961. The molecule has 0 radical (unpaired) electrons. The summed E-state index contributed by atoms with van der Waals surface area (Å²) in [5, 5.41) is 9.37. The van der Waals surface area contributed by atoms with E-state index in [1.807, 2.05) is 16.3 Å². The van der Waals surface area contributed by atoms with Crippen molar-refractivity contribution in [3.8, 4) is 0 Å². The van der Waals surface area contributed by atoms with E-state index in [-0.39, 0.29) is 5.69 Å². The van der Waals surface area contributed by atoms with Gasteiger partial charge in [0.15, 0.2) is 5.69 Å². The zero-order valence-electron chi connectivity index (χ0n) is 7.88. The fourth-order valence-corrected chi connectivity index (χ4v) is 2.87. The van der Waals surface area contributed by atoms with E-state index in [9.17, 15) is 4.79 Å². The van der Waals surface area contributed by atoms with E-state index in [1.165, 1.54) is 0 Å². The van der Waals surface area contributed by atoms with Gasteiger partial charge < -0.3 is 9.67 Å². The summed E-state index contributed by atoms with van der Waals surface area (Å²) in [7, 11) is 0. The van der Waals surface area contributed by atoms with Gasteiger partial charge in [-0.05, 0) is 6.42 Å². The first-order valence-corrected chi connectivity index (χ1v) is 5.60. The van der Waals surface area contributed by atoms with Crippen LogP contribution in [0.4, 0.5) is 0 Å². The van der Waals surface area contributed by atoms with Gasteiger partial charge in [0.2, 0.25) is 0 Å². The Kier molecular flexibility index (Phi) is 2.50. The first-order chi connectivity index (χ1) is 6.66. The molecule has 1 N–H and O–H groups in total. The fraction of sp³-hybridized carbons (Fsp3) is 0.556. The molecule has 1 saturated heterocycles. The summed E-state index contributed by atoms with van der Waals surface area (Å²) in [5.41, 5.74) is 0.134. The summed E-state index contributed by atoms with van der Waals surface area (Å²) in [6, 6.07) is 0.413. The first kappa shape index (κ1) is 9.58. The van der Waals surface area contributed by atoms with Gasteiger partial charge in [-0.2, -0.15) is 11.8 Å². The summed E-state index contributed by atoms with van der Waals surface area (Å²) < 4.78 is 1.92. The number of hydrogen-bond acceptors (Lipinski definition) is 3. The van der Waals surface area contributed by atoms with E-state index >= 15 is 0 Å². The number of aromatic carboxylic acids is 1. The maximum absolute atomic E-state index is 10.6. The van der Waals surface area contributed by atoms with Crippen LogP contribution >= 0.6 is 11.8 Å². The summed E-state index contributed by atoms with van der Waals surface area (Å²) >= 11 is 1.92. The van der Waals surface area contributed by atoms with Crippen molar-refractivity contribution in [1.82, 2.24) is 9.55 Å². The van der Waals surface area contributed by atoms with E-state index in [0.29, 0.717) is 11.3 Å². The van der Waals surface area contributed by atoms with Crippen LogP contribution in [0.3, 0.4) is 0 Å². The number of carboxylic acids is 1. The maximum Gasteiger partial charge on any atom is 0.356 e. The lowest BCUT2D eigenvalue weighted by atomic mass is 10.2. The third kappa shape index (κ3) is 1.77. The summed E-state index contributed by atoms with van der Waals surface area (Å²) in [6.45, 7) is 2.19. The minimum absolute atomic E-state index is 0.134. The molecule has 0 saturated carbocycles. The topological polar surface area (TPSA) is 55.1 Å². The molecular formula is C9H12N2O2S. The molecule has 1 aliphatic rings. The van der Waals surface area contributed by atoms with E-state index in [0.717, 1.165) is 12.2 Å². The van der Waals surface area contributed by atoms with Crippen LogP contribution in [0.2, 0.25) is 0 Å². The van der Waals surface area contributed by atoms with E-state index < -0.39 is 5.97 Å². The molecule has 0 spiro atoms. The van der Waals surface area contributed by atoms with Crippen LogP contribution in [0, 0.1) is 0 Å². The van der Waals surface area contributed by atoms with Crippen LogP contribution in [0.15, 0.2) is 12.5 Å². The second-order valence-electron chi connectivity index (χ2n) is 3.54. The smallest absolute Gasteiger partial charge is 0.356 e. The second-order valence-corrected chi connectivity index (χ2v) is 5.02. The lowest BCUT2D eigenvalue weighted by Gasteiger charge is -2.08. The standard InChI is InChI=1S/C9H12N2O2S/c1-6-2-7(4-14-6)11-3-8(9(12)13)10-5-11/h3,5-7H,2,4H2,1H3,(H,12,13). The average molecular weight is 212 g/mol. The third-order valence-electron chi connectivity index (χ3n) is 2.42. The van der Waals surface area contributed by atoms with Gasteiger partial charge >= 0.3 is 5.97 Å². The Morgan fingerprint density at radius 1 is 1.79 bits per heavy atom. The van der Waals surface area contributed by atoms with Crippen molar-refractivity contribution in [1.29, 1.82) is 0 Å². The summed E-state index contributed by atoms with van der Waals surface area (Å²) in [6.07, 6.45) is 4.33. The summed E-state index contributed by atoms with van der Waals surface area (Å²) in [4.78, 5) is 14.5. The molecule has 5 heteroatoms. The van der Waals surface area contributed by atoms with Crippen LogP contribution in [0.5, 0.6) is 0 Å². The predicted octanol–water partition coefficient (Wildman–Crippen LogP) is 1.65. The van der Waals surface area contributed by atoms with E-state index in [1.54, 1.807) is 12.5 Å². The average Bonchev–Trinajstić information content (AvgIpc) is 2.70. The number of carboxylic acid groups (broad SMARTS) is 1. The van der Waals surface area contributed by atoms with Crippen molar-refractivity contribution < 1.29 is 9.90 Å². The number of thioether (sulfide) groups is 1. The number of aromatic nitrogens is 2. The van der Waals surface area contributed by atoms with Crippen molar-refractivity contribution in [3.63, 3.8) is 0 Å². The highest BCUT2D eigenvalue weighted by Crippen LogP contribution is 2.34. The van der Waals surface area contributed by atoms with Crippen molar-refractivity contribution >= 4 is 17.7 Å². The van der Waals surface area contributed by atoms with Crippen LogP contribution in [0.25, 0.3) is 0 Å². The van der Waals surface area contributed by atoms with Gasteiger partial charge in [0.1, 0.15) is 0 Å². The minimum Gasteiger partial charge on any atom is -0.476 e. The van der Waals surface area contributed by atoms with Gasteiger partial charge in [0.05, 0.1) is 6.33 Å². The predicted molar refractivity (Wildman–Crippen MR) is 54.8 cm³/mol. The monoisotopic (exact) mass is 212 g/mol. The third-order valence-corrected chi connectivity index (χ3v) is 3.76. The lowest BCUT2D eigenvalue weighted by Crippen LogP contribution is -2.06. The van der Waals surface area contributed by atoms with Gasteiger partial charge in [0, 0.05) is 23.2 Å². The minimum atomic E-state index is -0.956. The van der Waals surface area contributed by atoms with Crippen LogP contribution in [0.1, 0.15) is 29.9 Å². The number of imidazole rings is 1. The Morgan fingerprint density at radius 2 is 2.57 bits per heavy atom. The zero-order chi connectivity index (χ0) is 10.1. The van der Waals surface area contributed by atoms with Gasteiger partial charge in [-0.3, -0.25) is 0 Å². The van der Waals surface area contributed by atoms with E-state index in [4.69, 9.17) is 5.11 Å². The molecule has 1 aliphatic heterocycles.